The van der Waals surface area contributed by atoms with Gasteiger partial charge in [0.05, 0.1) is 12.7 Å². The van der Waals surface area contributed by atoms with E-state index < -0.39 is 0 Å². The van der Waals surface area contributed by atoms with Crippen molar-refractivity contribution in [3.8, 4) is 0 Å². The monoisotopic (exact) mass is 302 g/mol. The summed E-state index contributed by atoms with van der Waals surface area (Å²) in [4.78, 5) is 22.7. The molecule has 1 aromatic rings. The highest BCUT2D eigenvalue weighted by Gasteiger charge is 2.34. The third-order valence-corrected chi connectivity index (χ3v) is 5.12. The first-order chi connectivity index (χ1) is 10.6. The van der Waals surface area contributed by atoms with Crippen molar-refractivity contribution in [3.05, 3.63) is 35.4 Å². The zero-order chi connectivity index (χ0) is 16.0. The van der Waals surface area contributed by atoms with E-state index in [1.807, 2.05) is 24.3 Å². The Morgan fingerprint density at radius 1 is 1.23 bits per heavy atom. The standard InChI is InChI=1S/C19H26O3/c1-19(12-13-20,17-6-4-3-5-7-17)14-15-8-10-16(11-9-15)18(21)22-2/h8-11,13,17H,3-7,12,14H2,1-2H3. The van der Waals surface area contributed by atoms with Crippen LogP contribution in [0.2, 0.25) is 0 Å². The van der Waals surface area contributed by atoms with Crippen LogP contribution in [0, 0.1) is 11.3 Å². The maximum absolute atomic E-state index is 11.5. The average molecular weight is 302 g/mol. The van der Waals surface area contributed by atoms with Crippen molar-refractivity contribution >= 4 is 12.3 Å². The van der Waals surface area contributed by atoms with Crippen LogP contribution >= 0.6 is 0 Å². The van der Waals surface area contributed by atoms with E-state index >= 15 is 0 Å². The van der Waals surface area contributed by atoms with Crippen molar-refractivity contribution in [2.75, 3.05) is 7.11 Å². The molecule has 0 saturated heterocycles. The molecular weight excluding hydrogens is 276 g/mol. The molecule has 120 valence electrons. The molecule has 0 N–H and O–H groups in total. The predicted molar refractivity (Wildman–Crippen MR) is 86.8 cm³/mol. The van der Waals surface area contributed by atoms with E-state index in [9.17, 15) is 9.59 Å². The Morgan fingerprint density at radius 3 is 2.41 bits per heavy atom. The van der Waals surface area contributed by atoms with E-state index in [4.69, 9.17) is 4.74 Å². The Morgan fingerprint density at radius 2 is 1.86 bits per heavy atom. The van der Waals surface area contributed by atoms with E-state index in [2.05, 4.69) is 6.92 Å². The molecule has 0 spiro atoms. The molecule has 1 unspecified atom stereocenters. The van der Waals surface area contributed by atoms with Gasteiger partial charge in [-0.25, -0.2) is 4.79 Å². The van der Waals surface area contributed by atoms with Crippen LogP contribution in [-0.4, -0.2) is 19.4 Å². The first kappa shape index (κ1) is 16.7. The number of aldehydes is 1. The zero-order valence-corrected chi connectivity index (χ0v) is 13.6. The van der Waals surface area contributed by atoms with Gasteiger partial charge >= 0.3 is 5.97 Å². The molecular formula is C19H26O3. The molecule has 1 aliphatic carbocycles. The average Bonchev–Trinajstić information content (AvgIpc) is 2.56. The predicted octanol–water partition coefficient (Wildman–Crippen LogP) is 4.19. The van der Waals surface area contributed by atoms with Crippen LogP contribution in [0.1, 0.15) is 61.4 Å². The number of methoxy groups -OCH3 is 1. The molecule has 1 saturated carbocycles. The molecule has 3 heteroatoms. The van der Waals surface area contributed by atoms with Gasteiger partial charge in [-0.2, -0.15) is 0 Å². The number of hydrogen-bond acceptors (Lipinski definition) is 3. The summed E-state index contributed by atoms with van der Waals surface area (Å²) < 4.78 is 4.73. The lowest BCUT2D eigenvalue weighted by molar-refractivity contribution is -0.110. The zero-order valence-electron chi connectivity index (χ0n) is 13.6. The van der Waals surface area contributed by atoms with Gasteiger partial charge in [0, 0.05) is 6.42 Å². The van der Waals surface area contributed by atoms with E-state index in [-0.39, 0.29) is 11.4 Å². The Hall–Kier alpha value is -1.64. The first-order valence-electron chi connectivity index (χ1n) is 8.20. The second kappa shape index (κ2) is 7.57. The van der Waals surface area contributed by atoms with Gasteiger partial charge in [-0.3, -0.25) is 0 Å². The molecule has 2 rings (SSSR count). The molecule has 0 aliphatic heterocycles. The topological polar surface area (TPSA) is 43.4 Å². The van der Waals surface area contributed by atoms with E-state index in [1.165, 1.54) is 44.8 Å². The Kier molecular flexibility index (Phi) is 5.76. The van der Waals surface area contributed by atoms with Crippen LogP contribution in [0.3, 0.4) is 0 Å². The van der Waals surface area contributed by atoms with Gasteiger partial charge in [0.25, 0.3) is 0 Å². The van der Waals surface area contributed by atoms with Crippen LogP contribution in [0.4, 0.5) is 0 Å². The number of carbonyl (C=O) groups is 2. The summed E-state index contributed by atoms with van der Waals surface area (Å²) in [6.07, 6.45) is 8.89. The molecule has 0 amide bonds. The minimum Gasteiger partial charge on any atom is -0.465 e. The minimum absolute atomic E-state index is 0.0228. The summed E-state index contributed by atoms with van der Waals surface area (Å²) in [5.74, 6) is 0.307. The van der Waals surface area contributed by atoms with Gasteiger partial charge in [-0.1, -0.05) is 38.3 Å². The van der Waals surface area contributed by atoms with Crippen molar-refractivity contribution in [1.82, 2.24) is 0 Å². The van der Waals surface area contributed by atoms with Crippen LogP contribution in [-0.2, 0) is 16.0 Å². The Bertz CT molecular complexity index is 500. The molecule has 0 bridgehead atoms. The van der Waals surface area contributed by atoms with Crippen molar-refractivity contribution in [2.45, 2.75) is 51.9 Å². The SMILES string of the molecule is COC(=O)c1ccc(CC(C)(CC=O)C2CCCCC2)cc1. The smallest absolute Gasteiger partial charge is 0.337 e. The highest BCUT2D eigenvalue weighted by atomic mass is 16.5. The van der Waals surface area contributed by atoms with Gasteiger partial charge in [-0.05, 0) is 48.3 Å². The normalized spacial score (nSPS) is 18.5. The maximum Gasteiger partial charge on any atom is 0.337 e. The fourth-order valence-electron chi connectivity index (χ4n) is 3.72. The first-order valence-corrected chi connectivity index (χ1v) is 8.20. The van der Waals surface area contributed by atoms with Gasteiger partial charge in [0.1, 0.15) is 6.29 Å². The maximum atomic E-state index is 11.5. The largest absolute Gasteiger partial charge is 0.465 e. The highest BCUT2D eigenvalue weighted by Crippen LogP contribution is 2.42. The van der Waals surface area contributed by atoms with Crippen molar-refractivity contribution in [1.29, 1.82) is 0 Å². The molecule has 3 nitrogen and oxygen atoms in total. The number of carbonyl (C=O) groups excluding carboxylic acids is 2. The third kappa shape index (κ3) is 3.96. The van der Waals surface area contributed by atoms with Crippen molar-refractivity contribution in [3.63, 3.8) is 0 Å². The molecule has 0 aromatic heterocycles. The summed E-state index contributed by atoms with van der Waals surface area (Å²) in [6.45, 7) is 2.24. The minimum atomic E-state index is -0.311. The van der Waals surface area contributed by atoms with Gasteiger partial charge in [0.2, 0.25) is 0 Å². The summed E-state index contributed by atoms with van der Waals surface area (Å²) in [5.41, 5.74) is 1.78. The lowest BCUT2D eigenvalue weighted by Crippen LogP contribution is -2.32. The molecule has 1 fully saturated rings. The lowest BCUT2D eigenvalue weighted by Gasteiger charge is -2.39. The number of benzene rings is 1. The summed E-state index contributed by atoms with van der Waals surface area (Å²) in [7, 11) is 1.39. The number of ether oxygens (including phenoxy) is 1. The molecule has 0 radical (unpaired) electrons. The Balaban J connectivity index is 2.12. The number of hydrogen-bond donors (Lipinski definition) is 0. The van der Waals surface area contributed by atoms with Crippen LogP contribution in [0.15, 0.2) is 24.3 Å². The molecule has 1 aliphatic rings. The third-order valence-electron chi connectivity index (χ3n) is 5.12. The number of rotatable bonds is 6. The molecule has 0 heterocycles. The van der Waals surface area contributed by atoms with Crippen molar-refractivity contribution in [2.24, 2.45) is 11.3 Å². The summed E-state index contributed by atoms with van der Waals surface area (Å²) in [6, 6.07) is 7.59. The summed E-state index contributed by atoms with van der Waals surface area (Å²) in [5, 5.41) is 0. The quantitative estimate of drug-likeness (QED) is 0.584. The van der Waals surface area contributed by atoms with E-state index in [0.29, 0.717) is 17.9 Å². The molecule has 22 heavy (non-hydrogen) atoms. The second-order valence-corrected chi connectivity index (χ2v) is 6.73. The second-order valence-electron chi connectivity index (χ2n) is 6.73. The van der Waals surface area contributed by atoms with Crippen LogP contribution < -0.4 is 0 Å². The fourth-order valence-corrected chi connectivity index (χ4v) is 3.72. The summed E-state index contributed by atoms with van der Waals surface area (Å²) >= 11 is 0. The van der Waals surface area contributed by atoms with Gasteiger partial charge < -0.3 is 9.53 Å². The molecule has 1 atom stereocenters. The molecule has 1 aromatic carbocycles. The van der Waals surface area contributed by atoms with E-state index in [1.54, 1.807) is 0 Å². The van der Waals surface area contributed by atoms with Gasteiger partial charge in [-0.15, -0.1) is 0 Å². The van der Waals surface area contributed by atoms with Crippen molar-refractivity contribution < 1.29 is 14.3 Å². The Labute approximate surface area is 133 Å². The van der Waals surface area contributed by atoms with Crippen LogP contribution in [0.25, 0.3) is 0 Å². The fraction of sp³-hybridized carbons (Fsp3) is 0.579. The van der Waals surface area contributed by atoms with Gasteiger partial charge in [0.15, 0.2) is 0 Å². The number of esters is 1. The van der Waals surface area contributed by atoms with Crippen LogP contribution in [0.5, 0.6) is 0 Å². The lowest BCUT2D eigenvalue weighted by atomic mass is 9.65. The van der Waals surface area contributed by atoms with E-state index in [0.717, 1.165) is 12.7 Å². The highest BCUT2D eigenvalue weighted by molar-refractivity contribution is 5.89.